The minimum Gasteiger partial charge on any atom is -0.319 e. The van der Waals surface area contributed by atoms with E-state index in [0.717, 1.165) is 6.20 Å². The van der Waals surface area contributed by atoms with Gasteiger partial charge in [0.05, 0.1) is 21.9 Å². The molecule has 0 unspecified atom stereocenters. The van der Waals surface area contributed by atoms with Gasteiger partial charge >= 0.3 is 0 Å². The Morgan fingerprint density at radius 3 is 2.78 bits per heavy atom. The zero-order valence-corrected chi connectivity index (χ0v) is 10.5. The molecular weight excluding hydrogens is 306 g/mol. The number of carbonyl (C=O) groups excluding carboxylic acids is 1. The maximum absolute atomic E-state index is 13.6. The summed E-state index contributed by atoms with van der Waals surface area (Å²) in [6, 6.07) is 5.60. The lowest BCUT2D eigenvalue weighted by molar-refractivity contribution is 0.102. The average molecular weight is 313 g/mol. The zero-order chi connectivity index (χ0) is 13.1. The highest BCUT2D eigenvalue weighted by Crippen LogP contribution is 2.20. The second-order valence-corrected chi connectivity index (χ2v) is 4.27. The lowest BCUT2D eigenvalue weighted by Crippen LogP contribution is -2.15. The summed E-state index contributed by atoms with van der Waals surface area (Å²) in [6.45, 7) is 0. The number of halogens is 3. The molecule has 0 atom stereocenters. The number of hydrogen-bond donors (Lipinski definition) is 1. The standard InChI is InChI=1S/C12H7BrF2N2O/c13-8-3-1-2-7(11(8)15)12(18)17-10-4-5-16-6-9(10)14/h1-6H,(H,16,17,18). The first-order chi connectivity index (χ1) is 8.59. The minimum atomic E-state index is -0.723. The Morgan fingerprint density at radius 2 is 2.06 bits per heavy atom. The molecule has 3 nitrogen and oxygen atoms in total. The molecule has 0 bridgehead atoms. The highest BCUT2D eigenvalue weighted by Gasteiger charge is 2.15. The number of nitrogens with zero attached hydrogens (tertiary/aromatic N) is 1. The number of rotatable bonds is 2. The number of pyridine rings is 1. The van der Waals surface area contributed by atoms with E-state index in [9.17, 15) is 13.6 Å². The third-order valence-corrected chi connectivity index (χ3v) is 2.83. The maximum Gasteiger partial charge on any atom is 0.258 e. The van der Waals surface area contributed by atoms with Crippen LogP contribution in [-0.2, 0) is 0 Å². The van der Waals surface area contributed by atoms with Crippen molar-refractivity contribution in [2.45, 2.75) is 0 Å². The van der Waals surface area contributed by atoms with Gasteiger partial charge in [-0.1, -0.05) is 6.07 Å². The number of anilines is 1. The van der Waals surface area contributed by atoms with Crippen LogP contribution in [0.3, 0.4) is 0 Å². The molecule has 0 saturated carbocycles. The van der Waals surface area contributed by atoms with Crippen LogP contribution in [-0.4, -0.2) is 10.9 Å². The Hall–Kier alpha value is -1.82. The third-order valence-electron chi connectivity index (χ3n) is 2.22. The lowest BCUT2D eigenvalue weighted by atomic mass is 10.2. The Labute approximate surface area is 110 Å². The van der Waals surface area contributed by atoms with E-state index in [4.69, 9.17) is 0 Å². The van der Waals surface area contributed by atoms with E-state index in [0.29, 0.717) is 0 Å². The normalized spacial score (nSPS) is 10.2. The molecule has 1 N–H and O–H groups in total. The number of nitrogens with one attached hydrogen (secondary N) is 1. The zero-order valence-electron chi connectivity index (χ0n) is 8.95. The van der Waals surface area contributed by atoms with Gasteiger partial charge in [-0.2, -0.15) is 0 Å². The van der Waals surface area contributed by atoms with Crippen molar-refractivity contribution in [3.05, 3.63) is 58.3 Å². The van der Waals surface area contributed by atoms with Gasteiger partial charge in [0.2, 0.25) is 0 Å². The summed E-state index contributed by atoms with van der Waals surface area (Å²) >= 11 is 2.98. The fraction of sp³-hybridized carbons (Fsp3) is 0. The van der Waals surface area contributed by atoms with Gasteiger partial charge < -0.3 is 5.32 Å². The number of benzene rings is 1. The van der Waals surface area contributed by atoms with Gasteiger partial charge in [-0.3, -0.25) is 9.78 Å². The van der Waals surface area contributed by atoms with Crippen molar-refractivity contribution < 1.29 is 13.6 Å². The van der Waals surface area contributed by atoms with Crippen LogP contribution < -0.4 is 5.32 Å². The Balaban J connectivity index is 2.28. The number of hydrogen-bond acceptors (Lipinski definition) is 2. The molecule has 6 heteroatoms. The predicted octanol–water partition coefficient (Wildman–Crippen LogP) is 3.37. The molecule has 2 rings (SSSR count). The second kappa shape index (κ2) is 5.22. The van der Waals surface area contributed by atoms with Crippen LogP contribution in [0.15, 0.2) is 41.1 Å². The first-order valence-electron chi connectivity index (χ1n) is 4.94. The number of carbonyl (C=O) groups is 1. The van der Waals surface area contributed by atoms with Crippen LogP contribution in [0.25, 0.3) is 0 Å². The topological polar surface area (TPSA) is 42.0 Å². The molecule has 0 aliphatic carbocycles. The molecule has 0 radical (unpaired) electrons. The molecule has 1 aromatic heterocycles. The van der Waals surface area contributed by atoms with Gasteiger partial charge in [0, 0.05) is 6.20 Å². The summed E-state index contributed by atoms with van der Waals surface area (Å²) < 4.78 is 27.1. The van der Waals surface area contributed by atoms with Crippen LogP contribution in [0.4, 0.5) is 14.5 Å². The van der Waals surface area contributed by atoms with Crippen molar-refractivity contribution in [2.75, 3.05) is 5.32 Å². The van der Waals surface area contributed by atoms with Crippen molar-refractivity contribution in [1.82, 2.24) is 4.98 Å². The lowest BCUT2D eigenvalue weighted by Gasteiger charge is -2.07. The summed E-state index contributed by atoms with van der Waals surface area (Å²) in [5, 5.41) is 2.28. The van der Waals surface area contributed by atoms with E-state index in [2.05, 4.69) is 26.2 Å². The highest BCUT2D eigenvalue weighted by atomic mass is 79.9. The summed E-state index contributed by atoms with van der Waals surface area (Å²) in [6.07, 6.45) is 2.29. The Bertz CT molecular complexity index is 604. The largest absolute Gasteiger partial charge is 0.319 e. The van der Waals surface area contributed by atoms with Gasteiger partial charge in [-0.15, -0.1) is 0 Å². The highest BCUT2D eigenvalue weighted by molar-refractivity contribution is 9.10. The van der Waals surface area contributed by atoms with Gasteiger partial charge in [-0.05, 0) is 34.1 Å². The second-order valence-electron chi connectivity index (χ2n) is 3.41. The summed E-state index contributed by atoms with van der Waals surface area (Å²) in [7, 11) is 0. The van der Waals surface area contributed by atoms with E-state index >= 15 is 0 Å². The van der Waals surface area contributed by atoms with E-state index < -0.39 is 17.5 Å². The van der Waals surface area contributed by atoms with Crippen LogP contribution >= 0.6 is 15.9 Å². The predicted molar refractivity (Wildman–Crippen MR) is 66.2 cm³/mol. The van der Waals surface area contributed by atoms with Crippen molar-refractivity contribution in [1.29, 1.82) is 0 Å². The van der Waals surface area contributed by atoms with Crippen LogP contribution in [0, 0.1) is 11.6 Å². The molecule has 0 spiro atoms. The first-order valence-corrected chi connectivity index (χ1v) is 5.74. The van der Waals surface area contributed by atoms with Crippen LogP contribution in [0.2, 0.25) is 0 Å². The fourth-order valence-corrected chi connectivity index (χ4v) is 1.71. The Morgan fingerprint density at radius 1 is 1.28 bits per heavy atom. The van der Waals surface area contributed by atoms with E-state index in [1.165, 1.54) is 30.5 Å². The van der Waals surface area contributed by atoms with E-state index in [-0.39, 0.29) is 15.7 Å². The van der Waals surface area contributed by atoms with Crippen molar-refractivity contribution in [2.24, 2.45) is 0 Å². The fourth-order valence-electron chi connectivity index (χ4n) is 1.35. The first kappa shape index (κ1) is 12.6. The number of aromatic nitrogens is 1. The van der Waals surface area contributed by atoms with Crippen molar-refractivity contribution in [3.8, 4) is 0 Å². The molecule has 18 heavy (non-hydrogen) atoms. The van der Waals surface area contributed by atoms with Gasteiger partial charge in [-0.25, -0.2) is 8.78 Å². The monoisotopic (exact) mass is 312 g/mol. The summed E-state index contributed by atoms with van der Waals surface area (Å²) in [5.41, 5.74) is -0.213. The number of amides is 1. The van der Waals surface area contributed by atoms with E-state index in [1.807, 2.05) is 0 Å². The molecule has 0 aliphatic heterocycles. The molecule has 1 aromatic carbocycles. The molecule has 0 fully saturated rings. The smallest absolute Gasteiger partial charge is 0.258 e. The maximum atomic E-state index is 13.6. The Kier molecular flexibility index (Phi) is 3.66. The van der Waals surface area contributed by atoms with E-state index in [1.54, 1.807) is 0 Å². The van der Waals surface area contributed by atoms with Gasteiger partial charge in [0.1, 0.15) is 5.82 Å². The molecule has 0 saturated heterocycles. The molecule has 2 aromatic rings. The van der Waals surface area contributed by atoms with Crippen molar-refractivity contribution >= 4 is 27.5 Å². The molecule has 92 valence electrons. The SMILES string of the molecule is O=C(Nc1ccncc1F)c1cccc(Br)c1F. The van der Waals surface area contributed by atoms with Crippen LogP contribution in [0.1, 0.15) is 10.4 Å². The summed E-state index contributed by atoms with van der Waals surface area (Å²) in [5.74, 6) is -2.09. The quantitative estimate of drug-likeness (QED) is 0.923. The third kappa shape index (κ3) is 2.53. The summed E-state index contributed by atoms with van der Waals surface area (Å²) in [4.78, 5) is 15.3. The van der Waals surface area contributed by atoms with Gasteiger partial charge in [0.15, 0.2) is 5.82 Å². The molecule has 1 amide bonds. The average Bonchev–Trinajstić information content (AvgIpc) is 2.35. The van der Waals surface area contributed by atoms with Gasteiger partial charge in [0.25, 0.3) is 5.91 Å². The minimum absolute atomic E-state index is 0.0469. The molecular formula is C12H7BrF2N2O. The molecule has 0 aliphatic rings. The van der Waals surface area contributed by atoms with Crippen LogP contribution in [0.5, 0.6) is 0 Å². The van der Waals surface area contributed by atoms with Crippen molar-refractivity contribution in [3.63, 3.8) is 0 Å². The molecule has 1 heterocycles.